The van der Waals surface area contributed by atoms with E-state index in [0.29, 0.717) is 38.2 Å². The molecule has 19 heteroatoms. The molecular formula is C52H68N16O3. The molecule has 2 aliphatic heterocycles. The van der Waals surface area contributed by atoms with Crippen molar-refractivity contribution in [3.05, 3.63) is 80.2 Å². The molecule has 0 aromatic carbocycles. The van der Waals surface area contributed by atoms with E-state index in [9.17, 15) is 5.11 Å². The molecule has 19 nitrogen and oxygen atoms in total. The van der Waals surface area contributed by atoms with E-state index < -0.39 is 0 Å². The average molecular weight is 965 g/mol. The summed E-state index contributed by atoms with van der Waals surface area (Å²) in [4.78, 5) is 14.6. The van der Waals surface area contributed by atoms with Crippen molar-refractivity contribution in [3.63, 3.8) is 0 Å². The van der Waals surface area contributed by atoms with Crippen LogP contribution in [0.15, 0.2) is 12.1 Å². The number of nitrogens with one attached hydrogen (secondary N) is 3. The van der Waals surface area contributed by atoms with Gasteiger partial charge in [-0.25, -0.2) is 4.68 Å². The van der Waals surface area contributed by atoms with Crippen LogP contribution in [0.4, 0.5) is 0 Å². The van der Waals surface area contributed by atoms with Gasteiger partial charge in [-0.05, 0) is 120 Å². The normalized spacial score (nSPS) is 17.7. The van der Waals surface area contributed by atoms with E-state index in [-0.39, 0.29) is 24.8 Å². The summed E-state index contributed by atoms with van der Waals surface area (Å²) in [5, 5.41) is 48.9. The molecule has 10 rings (SSSR count). The molecule has 2 aliphatic rings. The van der Waals surface area contributed by atoms with E-state index in [1.807, 2.05) is 68.8 Å². The van der Waals surface area contributed by atoms with Crippen molar-refractivity contribution in [1.29, 1.82) is 0 Å². The minimum absolute atomic E-state index is 0.0278. The van der Waals surface area contributed by atoms with Crippen molar-refractivity contribution in [2.75, 3.05) is 19.8 Å². The van der Waals surface area contributed by atoms with Crippen LogP contribution in [0.3, 0.4) is 0 Å². The van der Waals surface area contributed by atoms with Gasteiger partial charge in [0.25, 0.3) is 0 Å². The lowest BCUT2D eigenvalue weighted by atomic mass is 10.1. The number of aromatic amines is 3. The Bertz CT molecular complexity index is 3300. The molecule has 2 atom stereocenters. The number of fused-ring (bicyclic) bond motifs is 8. The molecule has 0 spiro atoms. The summed E-state index contributed by atoms with van der Waals surface area (Å²) in [5.74, 6) is 1.28. The molecule has 0 fully saturated rings. The molecule has 0 radical (unpaired) electrons. The van der Waals surface area contributed by atoms with Crippen molar-refractivity contribution in [3.8, 4) is 34.3 Å². The molecular weight excluding hydrogens is 897 g/mol. The molecule has 0 amide bonds. The molecule has 2 unspecified atom stereocenters. The summed E-state index contributed by atoms with van der Waals surface area (Å²) >= 11 is 0. The fourth-order valence-corrected chi connectivity index (χ4v) is 10.1. The van der Waals surface area contributed by atoms with Crippen molar-refractivity contribution in [1.82, 2.24) is 79.7 Å². The number of aromatic nitrogens is 14. The quantitative estimate of drug-likeness (QED) is 0.133. The van der Waals surface area contributed by atoms with Crippen LogP contribution in [0.2, 0.25) is 0 Å². The Morgan fingerprint density at radius 2 is 1.27 bits per heavy atom. The van der Waals surface area contributed by atoms with Gasteiger partial charge in [-0.3, -0.25) is 44.4 Å². The first-order valence-corrected chi connectivity index (χ1v) is 24.6. The Balaban J connectivity index is 0.000000176. The number of aliphatic hydroxyl groups is 1. The van der Waals surface area contributed by atoms with Crippen LogP contribution in [-0.4, -0.2) is 129 Å². The van der Waals surface area contributed by atoms with Crippen LogP contribution in [0.5, 0.6) is 11.8 Å². The Kier molecular flexibility index (Phi) is 13.6. The first-order valence-electron chi connectivity index (χ1n) is 24.6. The Labute approximate surface area is 414 Å². The number of H-pyrrole nitrogens is 3. The maximum atomic E-state index is 9.69. The number of hydrogen-bond acceptors (Lipinski definition) is 13. The lowest BCUT2D eigenvalue weighted by Crippen LogP contribution is -2.42. The molecule has 0 saturated heterocycles. The Morgan fingerprint density at radius 1 is 0.676 bits per heavy atom. The number of rotatable bonds is 4. The first kappa shape index (κ1) is 49.0. The topological polar surface area (TPSA) is 210 Å². The van der Waals surface area contributed by atoms with Crippen molar-refractivity contribution >= 4 is 46.1 Å². The van der Waals surface area contributed by atoms with Crippen LogP contribution >= 0.6 is 0 Å². The molecule has 8 aromatic rings. The van der Waals surface area contributed by atoms with Gasteiger partial charge in [-0.15, -0.1) is 5.10 Å². The van der Waals surface area contributed by atoms with Crippen molar-refractivity contribution in [2.45, 2.75) is 127 Å². The van der Waals surface area contributed by atoms with Gasteiger partial charge in [-0.1, -0.05) is 0 Å². The molecule has 4 bridgehead atoms. The van der Waals surface area contributed by atoms with Gasteiger partial charge in [0.15, 0.2) is 0 Å². The highest BCUT2D eigenvalue weighted by atomic mass is 16.5. The number of hydrogen-bond donors (Lipinski definition) is 4. The van der Waals surface area contributed by atoms with Gasteiger partial charge in [0.05, 0.1) is 86.9 Å². The predicted octanol–water partition coefficient (Wildman–Crippen LogP) is 7.80. The molecule has 71 heavy (non-hydrogen) atoms. The summed E-state index contributed by atoms with van der Waals surface area (Å²) in [7, 11) is 3.94. The van der Waals surface area contributed by atoms with E-state index in [1.54, 1.807) is 0 Å². The lowest BCUT2D eigenvalue weighted by molar-refractivity contribution is 0.102. The second kappa shape index (κ2) is 19.7. The number of aliphatic hydroxyl groups excluding tert-OH is 1. The maximum Gasteiger partial charge on any atom is 0.242 e. The van der Waals surface area contributed by atoms with Gasteiger partial charge < -0.3 is 14.6 Å². The smallest absolute Gasteiger partial charge is 0.242 e. The van der Waals surface area contributed by atoms with Gasteiger partial charge in [0.1, 0.15) is 23.7 Å². The van der Waals surface area contributed by atoms with Crippen molar-refractivity contribution in [2.24, 2.45) is 14.1 Å². The Morgan fingerprint density at radius 3 is 1.87 bits per heavy atom. The zero-order valence-electron chi connectivity index (χ0n) is 43.6. The van der Waals surface area contributed by atoms with E-state index >= 15 is 0 Å². The molecule has 8 aromatic heterocycles. The third-order valence-corrected chi connectivity index (χ3v) is 13.8. The van der Waals surface area contributed by atoms with Crippen LogP contribution in [0.1, 0.15) is 110 Å². The molecule has 374 valence electrons. The predicted molar refractivity (Wildman–Crippen MR) is 278 cm³/mol. The fourth-order valence-electron chi connectivity index (χ4n) is 10.1. The lowest BCUT2D eigenvalue weighted by Gasteiger charge is -2.32. The minimum Gasteiger partial charge on any atom is -0.476 e. The summed E-state index contributed by atoms with van der Waals surface area (Å²) in [6.07, 6.45) is 8.28. The maximum absolute atomic E-state index is 9.69. The number of ether oxygens (including phenoxy) is 2. The SMILES string of the molecule is Cc1nn(C)c2c1/C=C/c1[nH]nc3c(C)nc(cc13)-c1c(C)nn(C)c1OCC(C)N(C(C)C)C2.Cc1nn(CCO)c2c1/C=C/c1[nH]nc3c(C)nc(cc13)-c1c(n[nH]c1C)OC(C)CN(C(C)C)C2. The van der Waals surface area contributed by atoms with Gasteiger partial charge in [0.2, 0.25) is 11.8 Å². The highest BCUT2D eigenvalue weighted by molar-refractivity contribution is 5.95. The van der Waals surface area contributed by atoms with E-state index in [1.165, 1.54) is 5.69 Å². The largest absolute Gasteiger partial charge is 0.476 e. The van der Waals surface area contributed by atoms with E-state index in [2.05, 4.69) is 124 Å². The average Bonchev–Trinajstić information content (AvgIpc) is 4.16. The molecule has 4 N–H and O–H groups in total. The highest BCUT2D eigenvalue weighted by Gasteiger charge is 2.28. The summed E-state index contributed by atoms with van der Waals surface area (Å²) < 4.78 is 18.6. The summed E-state index contributed by atoms with van der Waals surface area (Å²) in [6.45, 7) is 28.2. The van der Waals surface area contributed by atoms with Crippen LogP contribution in [0, 0.1) is 41.5 Å². The van der Waals surface area contributed by atoms with Crippen LogP contribution in [-0.2, 0) is 33.7 Å². The Hall–Kier alpha value is -6.96. The number of aryl methyl sites for hydroxylation is 8. The molecule has 0 saturated carbocycles. The highest BCUT2D eigenvalue weighted by Crippen LogP contribution is 2.37. The monoisotopic (exact) mass is 965 g/mol. The minimum atomic E-state index is -0.123. The van der Waals surface area contributed by atoms with Crippen LogP contribution < -0.4 is 9.47 Å². The third kappa shape index (κ3) is 9.40. The van der Waals surface area contributed by atoms with Gasteiger partial charge >= 0.3 is 0 Å². The first-order chi connectivity index (χ1) is 33.9. The second-order valence-electron chi connectivity index (χ2n) is 19.7. The summed E-state index contributed by atoms with van der Waals surface area (Å²) in [6, 6.07) is 4.90. The standard InChI is InChI=1S/C26H34N8O2.C26H34N8O/c1-14(2)33-12-15(3)36-26-24(17(5)28-31-26)22-11-20-21(29-30-25(20)18(6)27-22)8-7-19-16(4)32-34(9-10-35)23(19)13-33;1-14(2)34-12-23-19(16(4)30-32(23)7)9-10-21-20-11-22(27-18(6)25(20)29-28-21)24-17(5)31-33(8)26(24)35-13-15(34)3/h7-8,11,14-15,35H,9-10,12-13H2,1-6H3,(H,28,31)(H,29,30);9-11,14-15H,12-13H2,1-8H3,(H,28,29)/b8-7+;10-9+. The van der Waals surface area contributed by atoms with Gasteiger partial charge in [0, 0.05) is 79.4 Å². The van der Waals surface area contributed by atoms with Crippen molar-refractivity contribution < 1.29 is 14.6 Å². The van der Waals surface area contributed by atoms with E-state index in [0.717, 1.165) is 119 Å². The van der Waals surface area contributed by atoms with Gasteiger partial charge in [-0.2, -0.15) is 25.5 Å². The van der Waals surface area contributed by atoms with Crippen LogP contribution in [0.25, 0.3) is 68.6 Å². The van der Waals surface area contributed by atoms with E-state index in [4.69, 9.17) is 29.6 Å². The molecule has 10 heterocycles. The third-order valence-electron chi connectivity index (χ3n) is 13.8. The second-order valence-corrected chi connectivity index (χ2v) is 19.7. The zero-order valence-corrected chi connectivity index (χ0v) is 43.6. The zero-order chi connectivity index (χ0) is 50.6. The number of nitrogens with zero attached hydrogens (tertiary/aromatic N) is 13. The molecule has 0 aliphatic carbocycles. The fraction of sp³-hybridized carbons (Fsp3) is 0.462. The number of pyridine rings is 2. The summed E-state index contributed by atoms with van der Waals surface area (Å²) in [5.41, 5.74) is 16.8.